The minimum Gasteiger partial charge on any atom is -0.491 e. The highest BCUT2D eigenvalue weighted by Crippen LogP contribution is 2.24. The molecule has 1 amide bonds. The minimum absolute atomic E-state index is 0.122. The van der Waals surface area contributed by atoms with Crippen LogP contribution in [-0.4, -0.2) is 45.8 Å². The lowest BCUT2D eigenvalue weighted by Crippen LogP contribution is -2.40. The monoisotopic (exact) mass is 328 g/mol. The van der Waals surface area contributed by atoms with Crippen LogP contribution in [0.25, 0.3) is 0 Å². The van der Waals surface area contributed by atoms with Gasteiger partial charge in [-0.1, -0.05) is 18.2 Å². The topological polar surface area (TPSA) is 71.8 Å². The van der Waals surface area contributed by atoms with Crippen LogP contribution in [0.15, 0.2) is 53.5 Å². The van der Waals surface area contributed by atoms with E-state index < -0.39 is 5.60 Å². The Morgan fingerprint density at radius 3 is 2.75 bits per heavy atom. The molecule has 1 fully saturated rings. The zero-order valence-corrected chi connectivity index (χ0v) is 13.5. The summed E-state index contributed by atoms with van der Waals surface area (Å²) in [5.41, 5.74) is -0.973. The molecular formula is C18H20N2O4. The predicted molar refractivity (Wildman–Crippen MR) is 89.1 cm³/mol. The number of hydrogen-bond acceptors (Lipinski definition) is 4. The number of carbonyl (C=O) groups excluding carboxylic acids is 1. The molecule has 1 N–H and O–H groups in total. The Hall–Kier alpha value is -2.60. The van der Waals surface area contributed by atoms with E-state index in [0.717, 1.165) is 0 Å². The van der Waals surface area contributed by atoms with Crippen molar-refractivity contribution in [2.45, 2.75) is 12.0 Å². The Labute approximate surface area is 139 Å². The number of nitrogens with zero attached hydrogens (tertiary/aromatic N) is 2. The zero-order chi connectivity index (χ0) is 17.2. The molecule has 0 bridgehead atoms. The van der Waals surface area contributed by atoms with Crippen molar-refractivity contribution in [3.63, 3.8) is 0 Å². The molecule has 6 heteroatoms. The molecule has 0 aliphatic carbocycles. The third-order valence-electron chi connectivity index (χ3n) is 4.22. The van der Waals surface area contributed by atoms with Gasteiger partial charge in [-0.05, 0) is 24.6 Å². The molecule has 126 valence electrons. The van der Waals surface area contributed by atoms with Crippen LogP contribution in [0.4, 0.5) is 0 Å². The molecule has 0 spiro atoms. The summed E-state index contributed by atoms with van der Waals surface area (Å²) in [7, 11) is 1.63. The molecule has 0 unspecified atom stereocenters. The number of likely N-dealkylation sites (tertiary alicyclic amines) is 1. The fourth-order valence-electron chi connectivity index (χ4n) is 2.75. The summed E-state index contributed by atoms with van der Waals surface area (Å²) in [5.74, 6) is 0.436. The zero-order valence-electron chi connectivity index (χ0n) is 13.5. The molecule has 2 aromatic rings. The lowest BCUT2D eigenvalue weighted by molar-refractivity contribution is 0.00430. The molecule has 0 radical (unpaired) electrons. The summed E-state index contributed by atoms with van der Waals surface area (Å²) in [4.78, 5) is 25.7. The lowest BCUT2D eigenvalue weighted by atomic mass is 10.1. The second kappa shape index (κ2) is 6.49. The Morgan fingerprint density at radius 1 is 1.29 bits per heavy atom. The van der Waals surface area contributed by atoms with Crippen molar-refractivity contribution in [3.05, 3.63) is 64.6 Å². The molecule has 1 aromatic heterocycles. The maximum absolute atomic E-state index is 12.5. The standard InChI is InChI=1S/C18H20N2O4/c1-19-9-7-14(11-16(19)21)17(22)20-10-8-18(23,12-20)13-24-15-5-3-2-4-6-15/h2-7,9,11,23H,8,10,12-13H2,1H3/t18-/m1/s1. The fraction of sp³-hybridized carbons (Fsp3) is 0.333. The molecular weight excluding hydrogens is 308 g/mol. The van der Waals surface area contributed by atoms with Crippen LogP contribution in [-0.2, 0) is 7.05 Å². The van der Waals surface area contributed by atoms with E-state index in [4.69, 9.17) is 4.74 Å². The van der Waals surface area contributed by atoms with Crippen LogP contribution in [0.1, 0.15) is 16.8 Å². The average Bonchev–Trinajstić information content (AvgIpc) is 2.99. The Kier molecular flexibility index (Phi) is 4.40. The van der Waals surface area contributed by atoms with Gasteiger partial charge in [0.25, 0.3) is 11.5 Å². The predicted octanol–water partition coefficient (Wildman–Crippen LogP) is 1.04. The summed E-state index contributed by atoms with van der Waals surface area (Å²) < 4.78 is 7.03. The van der Waals surface area contributed by atoms with Gasteiger partial charge in [0.2, 0.25) is 0 Å². The number of para-hydroxylation sites is 1. The highest BCUT2D eigenvalue weighted by Gasteiger charge is 2.39. The number of hydrogen-bond donors (Lipinski definition) is 1. The fourth-order valence-corrected chi connectivity index (χ4v) is 2.75. The largest absolute Gasteiger partial charge is 0.491 e. The second-order valence-corrected chi connectivity index (χ2v) is 6.17. The summed E-state index contributed by atoms with van der Waals surface area (Å²) in [6, 6.07) is 12.2. The van der Waals surface area contributed by atoms with Gasteiger partial charge >= 0.3 is 0 Å². The summed E-state index contributed by atoms with van der Waals surface area (Å²) in [5, 5.41) is 10.6. The third kappa shape index (κ3) is 3.49. The molecule has 1 atom stereocenters. The molecule has 1 aliphatic heterocycles. The molecule has 6 nitrogen and oxygen atoms in total. The van der Waals surface area contributed by atoms with Crippen LogP contribution in [0.3, 0.4) is 0 Å². The van der Waals surface area contributed by atoms with Gasteiger partial charge in [0.15, 0.2) is 0 Å². The van der Waals surface area contributed by atoms with Crippen LogP contribution in [0, 0.1) is 0 Å². The number of benzene rings is 1. The molecule has 24 heavy (non-hydrogen) atoms. The van der Waals surface area contributed by atoms with E-state index in [1.54, 1.807) is 24.2 Å². The second-order valence-electron chi connectivity index (χ2n) is 6.17. The number of aryl methyl sites for hydroxylation is 1. The first-order chi connectivity index (χ1) is 11.5. The van der Waals surface area contributed by atoms with Crippen LogP contribution < -0.4 is 10.3 Å². The Balaban J connectivity index is 1.64. The number of amides is 1. The SMILES string of the molecule is Cn1ccc(C(=O)N2CC[C@](O)(COc3ccccc3)C2)cc1=O. The van der Waals surface area contributed by atoms with Crippen molar-refractivity contribution in [1.82, 2.24) is 9.47 Å². The van der Waals surface area contributed by atoms with Gasteiger partial charge in [0, 0.05) is 31.4 Å². The normalized spacial score (nSPS) is 20.2. The maximum Gasteiger partial charge on any atom is 0.254 e. The van der Waals surface area contributed by atoms with Crippen LogP contribution in [0.5, 0.6) is 5.75 Å². The van der Waals surface area contributed by atoms with E-state index in [9.17, 15) is 14.7 Å². The number of carbonyl (C=O) groups is 1. The quantitative estimate of drug-likeness (QED) is 0.910. The van der Waals surface area contributed by atoms with Gasteiger partial charge in [-0.25, -0.2) is 0 Å². The molecule has 1 saturated heterocycles. The number of rotatable bonds is 4. The molecule has 1 aliphatic rings. The number of aromatic nitrogens is 1. The van der Waals surface area contributed by atoms with Crippen molar-refractivity contribution in [2.24, 2.45) is 7.05 Å². The molecule has 1 aromatic carbocycles. The first-order valence-electron chi connectivity index (χ1n) is 7.83. The third-order valence-corrected chi connectivity index (χ3v) is 4.22. The number of aliphatic hydroxyl groups is 1. The number of pyridine rings is 1. The molecule has 3 rings (SSSR count). The number of ether oxygens (including phenoxy) is 1. The smallest absolute Gasteiger partial charge is 0.254 e. The average molecular weight is 328 g/mol. The summed E-state index contributed by atoms with van der Waals surface area (Å²) >= 11 is 0. The Morgan fingerprint density at radius 2 is 2.04 bits per heavy atom. The van der Waals surface area contributed by atoms with E-state index in [1.165, 1.54) is 10.6 Å². The van der Waals surface area contributed by atoms with E-state index in [-0.39, 0.29) is 24.6 Å². The molecule has 0 saturated carbocycles. The maximum atomic E-state index is 12.5. The Bertz CT molecular complexity index is 787. The minimum atomic E-state index is -1.08. The van der Waals surface area contributed by atoms with E-state index >= 15 is 0 Å². The van der Waals surface area contributed by atoms with Crippen LogP contribution >= 0.6 is 0 Å². The first-order valence-corrected chi connectivity index (χ1v) is 7.83. The van der Waals surface area contributed by atoms with Crippen molar-refractivity contribution < 1.29 is 14.6 Å². The molecule has 2 heterocycles. The van der Waals surface area contributed by atoms with E-state index in [2.05, 4.69) is 0 Å². The van der Waals surface area contributed by atoms with E-state index in [0.29, 0.717) is 24.3 Å². The number of β-amino-alcohol motifs (C(OH)–C–C–N with tert-alkyl or cyclic N) is 1. The van der Waals surface area contributed by atoms with Gasteiger partial charge in [-0.3, -0.25) is 9.59 Å². The van der Waals surface area contributed by atoms with Gasteiger partial charge in [0.1, 0.15) is 18.0 Å². The van der Waals surface area contributed by atoms with Gasteiger partial charge in [-0.15, -0.1) is 0 Å². The van der Waals surface area contributed by atoms with Crippen LogP contribution in [0.2, 0.25) is 0 Å². The van der Waals surface area contributed by atoms with Gasteiger partial charge < -0.3 is 19.3 Å². The van der Waals surface area contributed by atoms with Crippen molar-refractivity contribution >= 4 is 5.91 Å². The van der Waals surface area contributed by atoms with Crippen molar-refractivity contribution in [1.29, 1.82) is 0 Å². The lowest BCUT2D eigenvalue weighted by Gasteiger charge is -2.23. The van der Waals surface area contributed by atoms with Gasteiger partial charge in [0.05, 0.1) is 6.54 Å². The summed E-state index contributed by atoms with van der Waals surface area (Å²) in [6.45, 7) is 0.744. The summed E-state index contributed by atoms with van der Waals surface area (Å²) in [6.07, 6.45) is 2.01. The van der Waals surface area contributed by atoms with Gasteiger partial charge in [-0.2, -0.15) is 0 Å². The highest BCUT2D eigenvalue weighted by atomic mass is 16.5. The van der Waals surface area contributed by atoms with Crippen molar-refractivity contribution in [2.75, 3.05) is 19.7 Å². The highest BCUT2D eigenvalue weighted by molar-refractivity contribution is 5.94. The van der Waals surface area contributed by atoms with Crippen molar-refractivity contribution in [3.8, 4) is 5.75 Å². The first kappa shape index (κ1) is 16.3. The van der Waals surface area contributed by atoms with E-state index in [1.807, 2.05) is 30.3 Å².